The number of carbonyl (C=O) groups is 2. The number of nitrogens with zero attached hydrogens (tertiary/aromatic N) is 1. The van der Waals surface area contributed by atoms with Crippen LogP contribution in [-0.4, -0.2) is 16.4 Å². The molecule has 2 aromatic heterocycles. The van der Waals surface area contributed by atoms with Gasteiger partial charge in [0.05, 0.1) is 10.4 Å². The minimum absolute atomic E-state index is 0.241. The summed E-state index contributed by atoms with van der Waals surface area (Å²) >= 11 is 1.47. The molecule has 0 radical (unpaired) electrons. The highest BCUT2D eigenvalue weighted by atomic mass is 32.1. The van der Waals surface area contributed by atoms with Crippen molar-refractivity contribution in [1.29, 1.82) is 0 Å². The summed E-state index contributed by atoms with van der Waals surface area (Å²) in [5.74, 6) is -0.838. The van der Waals surface area contributed by atoms with Gasteiger partial charge in [-0.25, -0.2) is 4.79 Å². The lowest BCUT2D eigenvalue weighted by Gasteiger charge is -2.16. The number of amides is 2. The van der Waals surface area contributed by atoms with E-state index in [9.17, 15) is 14.4 Å². The van der Waals surface area contributed by atoms with Gasteiger partial charge in [0.1, 0.15) is 6.54 Å². The summed E-state index contributed by atoms with van der Waals surface area (Å²) in [5, 5.41) is 0. The number of hydrogen-bond acceptors (Lipinski definition) is 5. The van der Waals surface area contributed by atoms with Gasteiger partial charge in [-0.2, -0.15) is 0 Å². The maximum atomic E-state index is 12.3. The van der Waals surface area contributed by atoms with Crippen LogP contribution >= 0.6 is 11.3 Å². The van der Waals surface area contributed by atoms with Crippen molar-refractivity contribution in [3.63, 3.8) is 0 Å². The lowest BCUT2D eigenvalue weighted by Crippen LogP contribution is -2.43. The van der Waals surface area contributed by atoms with E-state index in [2.05, 4.69) is 17.8 Å². The van der Waals surface area contributed by atoms with Crippen LogP contribution in [0.1, 0.15) is 33.5 Å². The van der Waals surface area contributed by atoms with Crippen molar-refractivity contribution in [3.8, 4) is 0 Å². The molecule has 140 valence electrons. The number of rotatable bonds is 3. The molecule has 4 rings (SSSR count). The Kier molecular flexibility index (Phi) is 4.57. The third-order valence-corrected chi connectivity index (χ3v) is 5.98. The zero-order chi connectivity index (χ0) is 19.0. The number of para-hydroxylation sites is 2. The maximum absolute atomic E-state index is 12.3. The molecule has 1 aliphatic carbocycles. The van der Waals surface area contributed by atoms with Gasteiger partial charge in [0, 0.05) is 4.88 Å². The molecule has 3 aromatic rings. The van der Waals surface area contributed by atoms with E-state index in [1.54, 1.807) is 24.3 Å². The van der Waals surface area contributed by atoms with Crippen LogP contribution < -0.4 is 16.6 Å². The summed E-state index contributed by atoms with van der Waals surface area (Å²) in [4.78, 5) is 38.2. The Hall–Kier alpha value is -2.87. The largest absolute Gasteiger partial charge is 0.420 e. The molecule has 7 nitrogen and oxygen atoms in total. The van der Waals surface area contributed by atoms with Gasteiger partial charge < -0.3 is 4.42 Å². The van der Waals surface area contributed by atoms with Gasteiger partial charge in [0.2, 0.25) is 0 Å². The minimum Gasteiger partial charge on any atom is -0.408 e. The summed E-state index contributed by atoms with van der Waals surface area (Å²) in [7, 11) is 0. The number of aryl methyl sites for hydroxylation is 1. The Morgan fingerprint density at radius 3 is 2.96 bits per heavy atom. The van der Waals surface area contributed by atoms with E-state index in [0.717, 1.165) is 19.3 Å². The Bertz CT molecular complexity index is 1080. The van der Waals surface area contributed by atoms with Gasteiger partial charge >= 0.3 is 5.76 Å². The third-order valence-electron chi connectivity index (χ3n) is 4.74. The highest BCUT2D eigenvalue weighted by Crippen LogP contribution is 2.32. The van der Waals surface area contributed by atoms with Crippen LogP contribution in [0.3, 0.4) is 0 Å². The number of aromatic nitrogens is 1. The lowest BCUT2D eigenvalue weighted by atomic mass is 9.90. The average molecular weight is 385 g/mol. The molecule has 2 N–H and O–H groups in total. The molecule has 8 heteroatoms. The van der Waals surface area contributed by atoms with E-state index in [1.165, 1.54) is 26.3 Å². The van der Waals surface area contributed by atoms with Gasteiger partial charge in [-0.1, -0.05) is 19.1 Å². The Morgan fingerprint density at radius 1 is 1.30 bits per heavy atom. The van der Waals surface area contributed by atoms with Gasteiger partial charge in [0.15, 0.2) is 5.58 Å². The number of benzene rings is 1. The van der Waals surface area contributed by atoms with Crippen LogP contribution in [0.15, 0.2) is 39.5 Å². The number of nitrogens with one attached hydrogen (secondary N) is 2. The van der Waals surface area contributed by atoms with E-state index in [0.29, 0.717) is 21.9 Å². The predicted molar refractivity (Wildman–Crippen MR) is 102 cm³/mol. The normalized spacial score (nSPS) is 16.1. The van der Waals surface area contributed by atoms with Gasteiger partial charge in [-0.3, -0.25) is 25.0 Å². The van der Waals surface area contributed by atoms with Gasteiger partial charge in [-0.05, 0) is 48.9 Å². The standard InChI is InChI=1S/C19H19N3O4S/c1-11-6-7-15-12(8-11)9-16(27-15)18(24)21-20-17(23)10-22-13-4-2-3-5-14(13)26-19(22)25/h2-5,9,11H,6-8,10H2,1H3,(H,20,23)(H,21,24). The van der Waals surface area contributed by atoms with Crippen molar-refractivity contribution in [2.24, 2.45) is 5.92 Å². The molecule has 1 unspecified atom stereocenters. The predicted octanol–water partition coefficient (Wildman–Crippen LogP) is 2.24. The maximum Gasteiger partial charge on any atom is 0.420 e. The minimum atomic E-state index is -0.613. The van der Waals surface area contributed by atoms with Gasteiger partial charge in [-0.15, -0.1) is 11.3 Å². The van der Waals surface area contributed by atoms with Crippen molar-refractivity contribution in [3.05, 3.63) is 56.2 Å². The first-order valence-corrected chi connectivity index (χ1v) is 9.62. The van der Waals surface area contributed by atoms with E-state index in [1.807, 2.05) is 6.07 Å². The molecule has 0 bridgehead atoms. The fourth-order valence-electron chi connectivity index (χ4n) is 3.35. The summed E-state index contributed by atoms with van der Waals surface area (Å²) in [6.07, 6.45) is 3.12. The van der Waals surface area contributed by atoms with Crippen LogP contribution in [0.2, 0.25) is 0 Å². The van der Waals surface area contributed by atoms with Crippen LogP contribution in [0.5, 0.6) is 0 Å². The summed E-state index contributed by atoms with van der Waals surface area (Å²) in [6, 6.07) is 8.77. The Labute approximate surface area is 159 Å². The van der Waals surface area contributed by atoms with Crippen LogP contribution in [0.4, 0.5) is 0 Å². The summed E-state index contributed by atoms with van der Waals surface area (Å²) in [6.45, 7) is 1.97. The SMILES string of the molecule is CC1CCc2sc(C(=O)NNC(=O)Cn3c(=O)oc4ccccc43)cc2C1. The fourth-order valence-corrected chi connectivity index (χ4v) is 4.46. The van der Waals surface area contributed by atoms with E-state index < -0.39 is 11.7 Å². The Balaban J connectivity index is 1.40. The molecule has 0 spiro atoms. The van der Waals surface area contributed by atoms with Gasteiger partial charge in [0.25, 0.3) is 11.8 Å². The second kappa shape index (κ2) is 7.03. The average Bonchev–Trinajstić information content (AvgIpc) is 3.20. The molecule has 2 heterocycles. The number of carbonyl (C=O) groups excluding carboxylic acids is 2. The molecule has 2 amide bonds. The van der Waals surface area contributed by atoms with Crippen molar-refractivity contribution in [2.45, 2.75) is 32.7 Å². The van der Waals surface area contributed by atoms with E-state index in [-0.39, 0.29) is 12.5 Å². The molecule has 0 saturated heterocycles. The molecular weight excluding hydrogens is 366 g/mol. The number of hydrogen-bond donors (Lipinski definition) is 2. The van der Waals surface area contributed by atoms with Crippen molar-refractivity contribution >= 4 is 34.3 Å². The lowest BCUT2D eigenvalue weighted by molar-refractivity contribution is -0.122. The van der Waals surface area contributed by atoms with E-state index >= 15 is 0 Å². The monoisotopic (exact) mass is 385 g/mol. The highest BCUT2D eigenvalue weighted by molar-refractivity contribution is 7.14. The smallest absolute Gasteiger partial charge is 0.408 e. The number of oxazole rings is 1. The zero-order valence-electron chi connectivity index (χ0n) is 14.8. The van der Waals surface area contributed by atoms with Crippen molar-refractivity contribution in [1.82, 2.24) is 15.4 Å². The van der Waals surface area contributed by atoms with Crippen molar-refractivity contribution in [2.75, 3.05) is 0 Å². The highest BCUT2D eigenvalue weighted by Gasteiger charge is 2.21. The topological polar surface area (TPSA) is 93.3 Å². The van der Waals surface area contributed by atoms with E-state index in [4.69, 9.17) is 4.42 Å². The summed E-state index contributed by atoms with van der Waals surface area (Å²) < 4.78 is 6.32. The van der Waals surface area contributed by atoms with Crippen LogP contribution in [0.25, 0.3) is 11.1 Å². The first-order valence-electron chi connectivity index (χ1n) is 8.80. The molecule has 0 aliphatic heterocycles. The molecule has 1 aliphatic rings. The molecule has 0 fully saturated rings. The zero-order valence-corrected chi connectivity index (χ0v) is 15.6. The van der Waals surface area contributed by atoms with Crippen LogP contribution in [-0.2, 0) is 24.2 Å². The quantitative estimate of drug-likeness (QED) is 0.676. The van der Waals surface area contributed by atoms with Crippen LogP contribution in [0, 0.1) is 5.92 Å². The fraction of sp³-hybridized carbons (Fsp3) is 0.316. The first kappa shape index (κ1) is 17.5. The molecule has 27 heavy (non-hydrogen) atoms. The van der Waals surface area contributed by atoms with Crippen molar-refractivity contribution < 1.29 is 14.0 Å². The third kappa shape index (κ3) is 3.52. The molecular formula is C19H19N3O4S. The second-order valence-corrected chi connectivity index (χ2v) is 7.97. The molecule has 0 saturated carbocycles. The summed E-state index contributed by atoms with van der Waals surface area (Å²) in [5.41, 5.74) is 6.97. The number of hydrazine groups is 1. The molecule has 1 atom stereocenters. The molecule has 1 aromatic carbocycles. The number of fused-ring (bicyclic) bond motifs is 2. The number of thiophene rings is 1. The second-order valence-electron chi connectivity index (χ2n) is 6.83. The Morgan fingerprint density at radius 2 is 2.11 bits per heavy atom. The first-order chi connectivity index (χ1) is 13.0.